The summed E-state index contributed by atoms with van der Waals surface area (Å²) in [6.07, 6.45) is -0.357. The SMILES string of the molecule is COCCNC(=O)CN1CCOC(CC(=O)O)C1. The summed E-state index contributed by atoms with van der Waals surface area (Å²) in [5.74, 6) is -0.963. The molecule has 1 saturated heterocycles. The van der Waals surface area contributed by atoms with Gasteiger partial charge in [0.15, 0.2) is 0 Å². The Kier molecular flexibility index (Phi) is 6.63. The molecule has 1 rings (SSSR count). The van der Waals surface area contributed by atoms with E-state index in [0.29, 0.717) is 32.8 Å². The highest BCUT2D eigenvalue weighted by Gasteiger charge is 2.23. The van der Waals surface area contributed by atoms with Gasteiger partial charge in [-0.2, -0.15) is 0 Å². The number of carbonyl (C=O) groups excluding carboxylic acids is 1. The molecular formula is C11H20N2O5. The summed E-state index contributed by atoms with van der Waals surface area (Å²) in [7, 11) is 1.57. The van der Waals surface area contributed by atoms with Crippen LogP contribution in [0.2, 0.25) is 0 Å². The molecule has 7 nitrogen and oxygen atoms in total. The van der Waals surface area contributed by atoms with Gasteiger partial charge >= 0.3 is 5.97 Å². The molecule has 18 heavy (non-hydrogen) atoms. The first kappa shape index (κ1) is 14.9. The van der Waals surface area contributed by atoms with E-state index in [-0.39, 0.29) is 25.0 Å². The minimum Gasteiger partial charge on any atom is -0.481 e. The van der Waals surface area contributed by atoms with E-state index in [2.05, 4.69) is 5.32 Å². The smallest absolute Gasteiger partial charge is 0.306 e. The Morgan fingerprint density at radius 3 is 3.00 bits per heavy atom. The lowest BCUT2D eigenvalue weighted by atomic mass is 10.2. The van der Waals surface area contributed by atoms with Crippen LogP contribution in [0.15, 0.2) is 0 Å². The van der Waals surface area contributed by atoms with Gasteiger partial charge < -0.3 is 19.9 Å². The number of amides is 1. The predicted octanol–water partition coefficient (Wildman–Crippen LogP) is -1.08. The van der Waals surface area contributed by atoms with Crippen LogP contribution in [0, 0.1) is 0 Å². The van der Waals surface area contributed by atoms with Gasteiger partial charge in [0.25, 0.3) is 0 Å². The molecule has 0 aromatic heterocycles. The van der Waals surface area contributed by atoms with Crippen LogP contribution in [-0.2, 0) is 19.1 Å². The molecule has 0 bridgehead atoms. The summed E-state index contributed by atoms with van der Waals surface area (Å²) in [5, 5.41) is 11.4. The zero-order valence-electron chi connectivity index (χ0n) is 10.6. The van der Waals surface area contributed by atoms with Crippen molar-refractivity contribution in [3.05, 3.63) is 0 Å². The van der Waals surface area contributed by atoms with Gasteiger partial charge in [0.1, 0.15) is 0 Å². The first-order valence-electron chi connectivity index (χ1n) is 5.93. The van der Waals surface area contributed by atoms with Crippen LogP contribution in [0.1, 0.15) is 6.42 Å². The largest absolute Gasteiger partial charge is 0.481 e. The highest BCUT2D eigenvalue weighted by molar-refractivity contribution is 5.78. The van der Waals surface area contributed by atoms with Gasteiger partial charge in [-0.25, -0.2) is 0 Å². The molecule has 104 valence electrons. The number of carboxylic acids is 1. The third-order valence-electron chi connectivity index (χ3n) is 2.62. The monoisotopic (exact) mass is 260 g/mol. The molecule has 7 heteroatoms. The maximum atomic E-state index is 11.5. The maximum Gasteiger partial charge on any atom is 0.306 e. The average molecular weight is 260 g/mol. The molecule has 1 atom stereocenters. The van der Waals surface area contributed by atoms with Crippen LogP contribution < -0.4 is 5.32 Å². The van der Waals surface area contributed by atoms with Gasteiger partial charge in [-0.05, 0) is 0 Å². The number of morpholine rings is 1. The zero-order chi connectivity index (χ0) is 13.4. The van der Waals surface area contributed by atoms with Gasteiger partial charge in [-0.3, -0.25) is 14.5 Å². The summed E-state index contributed by atoms with van der Waals surface area (Å²) in [4.78, 5) is 24.0. The minimum absolute atomic E-state index is 0.0260. The molecule has 1 heterocycles. The molecule has 0 aromatic carbocycles. The Morgan fingerprint density at radius 1 is 1.56 bits per heavy atom. The Balaban J connectivity index is 2.24. The number of aliphatic carboxylic acids is 1. The lowest BCUT2D eigenvalue weighted by molar-refractivity contribution is -0.142. The normalized spacial score (nSPS) is 20.6. The molecule has 1 unspecified atom stereocenters. The van der Waals surface area contributed by atoms with Crippen LogP contribution in [-0.4, -0.2) is 74.5 Å². The number of carboxylic acid groups (broad SMARTS) is 1. The van der Waals surface area contributed by atoms with E-state index in [1.54, 1.807) is 7.11 Å². The van der Waals surface area contributed by atoms with Gasteiger partial charge in [0.05, 0.1) is 32.3 Å². The Morgan fingerprint density at radius 2 is 2.33 bits per heavy atom. The number of nitrogens with zero attached hydrogens (tertiary/aromatic N) is 1. The zero-order valence-corrected chi connectivity index (χ0v) is 10.6. The molecule has 0 aromatic rings. The molecule has 0 saturated carbocycles. The number of hydrogen-bond acceptors (Lipinski definition) is 5. The van der Waals surface area contributed by atoms with E-state index in [1.165, 1.54) is 0 Å². The molecular weight excluding hydrogens is 240 g/mol. The van der Waals surface area contributed by atoms with Crippen molar-refractivity contribution in [1.82, 2.24) is 10.2 Å². The average Bonchev–Trinajstić information content (AvgIpc) is 2.28. The number of methoxy groups -OCH3 is 1. The van der Waals surface area contributed by atoms with Gasteiger partial charge in [-0.15, -0.1) is 0 Å². The van der Waals surface area contributed by atoms with Crippen LogP contribution >= 0.6 is 0 Å². The van der Waals surface area contributed by atoms with Crippen molar-refractivity contribution in [1.29, 1.82) is 0 Å². The number of nitrogens with one attached hydrogen (secondary N) is 1. The van der Waals surface area contributed by atoms with Crippen molar-refractivity contribution in [2.24, 2.45) is 0 Å². The Labute approximate surface area is 106 Å². The number of ether oxygens (including phenoxy) is 2. The topological polar surface area (TPSA) is 88.1 Å². The second-order valence-electron chi connectivity index (χ2n) is 4.17. The van der Waals surface area contributed by atoms with Crippen molar-refractivity contribution in [3.8, 4) is 0 Å². The van der Waals surface area contributed by atoms with Crippen molar-refractivity contribution in [3.63, 3.8) is 0 Å². The van der Waals surface area contributed by atoms with Crippen molar-refractivity contribution in [2.75, 3.05) is 46.5 Å². The molecule has 1 aliphatic heterocycles. The quantitative estimate of drug-likeness (QED) is 0.566. The second-order valence-corrected chi connectivity index (χ2v) is 4.17. The molecule has 0 aliphatic carbocycles. The summed E-state index contributed by atoms with van der Waals surface area (Å²) in [6.45, 7) is 2.82. The standard InChI is InChI=1S/C11H20N2O5/c1-17-4-2-12-10(14)8-13-3-5-18-9(7-13)6-11(15)16/h9H,2-8H2,1H3,(H,12,14)(H,15,16). The molecule has 1 fully saturated rings. The first-order valence-corrected chi connectivity index (χ1v) is 5.93. The van der Waals surface area contributed by atoms with Crippen molar-refractivity contribution < 1.29 is 24.2 Å². The van der Waals surface area contributed by atoms with Crippen molar-refractivity contribution in [2.45, 2.75) is 12.5 Å². The fourth-order valence-electron chi connectivity index (χ4n) is 1.79. The highest BCUT2D eigenvalue weighted by atomic mass is 16.5. The summed E-state index contributed by atoms with van der Waals surface area (Å²) < 4.78 is 10.2. The second kappa shape index (κ2) is 8.02. The summed E-state index contributed by atoms with van der Waals surface area (Å²) in [6, 6.07) is 0. The Hall–Kier alpha value is -1.18. The lowest BCUT2D eigenvalue weighted by Gasteiger charge is -2.31. The number of rotatable bonds is 7. The molecule has 0 spiro atoms. The molecule has 0 radical (unpaired) electrons. The number of carbonyl (C=O) groups is 2. The fraction of sp³-hybridized carbons (Fsp3) is 0.818. The summed E-state index contributed by atoms with van der Waals surface area (Å²) in [5.41, 5.74) is 0. The van der Waals surface area contributed by atoms with Crippen LogP contribution in [0.5, 0.6) is 0 Å². The van der Waals surface area contributed by atoms with Gasteiger partial charge in [-0.1, -0.05) is 0 Å². The van der Waals surface area contributed by atoms with E-state index in [4.69, 9.17) is 14.6 Å². The number of hydrogen-bond donors (Lipinski definition) is 2. The van der Waals surface area contributed by atoms with E-state index in [1.807, 2.05) is 4.90 Å². The van der Waals surface area contributed by atoms with Crippen LogP contribution in [0.25, 0.3) is 0 Å². The first-order chi connectivity index (χ1) is 8.61. The van der Waals surface area contributed by atoms with Crippen LogP contribution in [0.3, 0.4) is 0 Å². The molecule has 2 N–H and O–H groups in total. The third-order valence-corrected chi connectivity index (χ3v) is 2.62. The van der Waals surface area contributed by atoms with Crippen molar-refractivity contribution >= 4 is 11.9 Å². The van der Waals surface area contributed by atoms with E-state index >= 15 is 0 Å². The molecule has 1 aliphatic rings. The Bertz CT molecular complexity index is 285. The van der Waals surface area contributed by atoms with E-state index in [9.17, 15) is 9.59 Å². The predicted molar refractivity (Wildman–Crippen MR) is 63.3 cm³/mol. The highest BCUT2D eigenvalue weighted by Crippen LogP contribution is 2.08. The fourth-order valence-corrected chi connectivity index (χ4v) is 1.79. The van der Waals surface area contributed by atoms with E-state index < -0.39 is 5.97 Å². The van der Waals surface area contributed by atoms with E-state index in [0.717, 1.165) is 0 Å². The van der Waals surface area contributed by atoms with Gasteiger partial charge in [0.2, 0.25) is 5.91 Å². The lowest BCUT2D eigenvalue weighted by Crippen LogP contribution is -2.47. The summed E-state index contributed by atoms with van der Waals surface area (Å²) >= 11 is 0. The minimum atomic E-state index is -0.883. The third kappa shape index (κ3) is 5.95. The van der Waals surface area contributed by atoms with Gasteiger partial charge in [0, 0.05) is 26.7 Å². The molecule has 1 amide bonds. The van der Waals surface area contributed by atoms with Crippen LogP contribution in [0.4, 0.5) is 0 Å². The maximum absolute atomic E-state index is 11.5.